The monoisotopic (exact) mass is 426 g/mol. The van der Waals surface area contributed by atoms with Crippen molar-refractivity contribution in [2.45, 2.75) is 19.4 Å². The lowest BCUT2D eigenvalue weighted by molar-refractivity contribution is -0.139. The number of carbonyl (C=O) groups is 1. The van der Waals surface area contributed by atoms with Crippen molar-refractivity contribution in [2.75, 3.05) is 46.3 Å². The number of fused-ring (bicyclic) bond motifs is 1. The van der Waals surface area contributed by atoms with Gasteiger partial charge in [-0.2, -0.15) is 0 Å². The number of benzene rings is 1. The molecule has 2 fully saturated rings. The Hall–Kier alpha value is -1.27. The highest BCUT2D eigenvalue weighted by molar-refractivity contribution is 5.85. The minimum Gasteiger partial charge on any atom is -0.346 e. The minimum atomic E-state index is 0. The van der Waals surface area contributed by atoms with E-state index in [1.807, 2.05) is 0 Å². The van der Waals surface area contributed by atoms with Gasteiger partial charge in [0.2, 0.25) is 5.91 Å². The van der Waals surface area contributed by atoms with Gasteiger partial charge in [-0.3, -0.25) is 9.69 Å². The number of likely N-dealkylation sites (N-methyl/N-ethyl adjacent to an activating group) is 1. The highest BCUT2D eigenvalue weighted by Crippen LogP contribution is 2.24. The molecule has 7 heteroatoms. The van der Waals surface area contributed by atoms with Crippen LogP contribution in [0.25, 0.3) is 10.9 Å². The summed E-state index contributed by atoms with van der Waals surface area (Å²) in [5.74, 6) is 0.543. The van der Waals surface area contributed by atoms with Crippen LogP contribution in [0.5, 0.6) is 0 Å². The van der Waals surface area contributed by atoms with E-state index >= 15 is 0 Å². The summed E-state index contributed by atoms with van der Waals surface area (Å²) in [7, 11) is 4.28. The smallest absolute Gasteiger partial charge is 0.227 e. The maximum atomic E-state index is 12.9. The van der Waals surface area contributed by atoms with E-state index in [0.29, 0.717) is 5.91 Å². The van der Waals surface area contributed by atoms with Crippen molar-refractivity contribution >= 4 is 41.6 Å². The second-order valence-electron chi connectivity index (χ2n) is 7.96. The number of piperidine rings is 1. The number of halogens is 2. The average molecular weight is 427 g/mol. The predicted molar refractivity (Wildman–Crippen MR) is 119 cm³/mol. The zero-order valence-electron chi connectivity index (χ0n) is 16.8. The maximum Gasteiger partial charge on any atom is 0.227 e. The van der Waals surface area contributed by atoms with E-state index in [9.17, 15) is 4.79 Å². The van der Waals surface area contributed by atoms with Crippen LogP contribution in [0.15, 0.2) is 30.3 Å². The standard InChI is InChI=1S/C21H30N4O.2ClH/c1-22-10-12-25(13-11-22)21(26)18-7-5-9-24(15-18)16-19-14-17-6-3-4-8-20(17)23(19)2;;/h3-4,6,8,14,18H,5,7,9-13,15-16H2,1-2H3;2*1H. The number of aromatic nitrogens is 1. The average Bonchev–Trinajstić information content (AvgIpc) is 2.98. The quantitative estimate of drug-likeness (QED) is 0.755. The van der Waals surface area contributed by atoms with Crippen LogP contribution in [0.4, 0.5) is 0 Å². The molecule has 1 unspecified atom stereocenters. The van der Waals surface area contributed by atoms with E-state index in [0.717, 1.165) is 58.7 Å². The Morgan fingerprint density at radius 3 is 2.46 bits per heavy atom. The van der Waals surface area contributed by atoms with Gasteiger partial charge < -0.3 is 14.4 Å². The number of amides is 1. The Morgan fingerprint density at radius 2 is 1.75 bits per heavy atom. The van der Waals surface area contributed by atoms with E-state index in [1.54, 1.807) is 0 Å². The summed E-state index contributed by atoms with van der Waals surface area (Å²) >= 11 is 0. The van der Waals surface area contributed by atoms with Gasteiger partial charge in [0.25, 0.3) is 0 Å². The number of piperazine rings is 1. The fourth-order valence-corrected chi connectivity index (χ4v) is 4.41. The molecule has 1 aromatic carbocycles. The van der Waals surface area contributed by atoms with Gasteiger partial charge in [0.1, 0.15) is 0 Å². The molecule has 4 rings (SSSR count). The number of nitrogens with zero attached hydrogens (tertiary/aromatic N) is 4. The highest BCUT2D eigenvalue weighted by atomic mass is 35.5. The van der Waals surface area contributed by atoms with Crippen LogP contribution in [0.1, 0.15) is 18.5 Å². The van der Waals surface area contributed by atoms with Crippen molar-refractivity contribution in [1.29, 1.82) is 0 Å². The summed E-state index contributed by atoms with van der Waals surface area (Å²) in [6.45, 7) is 6.68. The number of para-hydroxylation sites is 1. The van der Waals surface area contributed by atoms with Gasteiger partial charge in [-0.05, 0) is 44.0 Å². The molecule has 2 saturated heterocycles. The summed E-state index contributed by atoms with van der Waals surface area (Å²) in [6, 6.07) is 10.8. The van der Waals surface area contributed by atoms with Crippen molar-refractivity contribution in [2.24, 2.45) is 13.0 Å². The molecule has 1 atom stereocenters. The minimum absolute atomic E-state index is 0. The number of hydrogen-bond donors (Lipinski definition) is 0. The molecule has 0 spiro atoms. The molecule has 0 saturated carbocycles. The molecule has 2 aliphatic heterocycles. The molecular weight excluding hydrogens is 395 g/mol. The molecule has 0 bridgehead atoms. The van der Waals surface area contributed by atoms with Gasteiger partial charge in [0, 0.05) is 57.5 Å². The van der Waals surface area contributed by atoms with Crippen LogP contribution in [0.2, 0.25) is 0 Å². The Balaban J connectivity index is 0.00000140. The summed E-state index contributed by atoms with van der Waals surface area (Å²) in [4.78, 5) is 19.8. The third-order valence-corrected chi connectivity index (χ3v) is 6.11. The first kappa shape index (κ1) is 23.0. The van der Waals surface area contributed by atoms with Crippen LogP contribution in [-0.4, -0.2) is 71.5 Å². The topological polar surface area (TPSA) is 31.7 Å². The summed E-state index contributed by atoms with van der Waals surface area (Å²) < 4.78 is 2.29. The normalized spacial score (nSPS) is 21.2. The zero-order chi connectivity index (χ0) is 18.1. The third kappa shape index (κ3) is 4.82. The summed E-state index contributed by atoms with van der Waals surface area (Å²) in [5, 5.41) is 1.30. The largest absolute Gasteiger partial charge is 0.346 e. The molecule has 156 valence electrons. The molecule has 2 aromatic rings. The van der Waals surface area contributed by atoms with Crippen LogP contribution < -0.4 is 0 Å². The number of likely N-dealkylation sites (tertiary alicyclic amines) is 1. The van der Waals surface area contributed by atoms with Crippen LogP contribution in [-0.2, 0) is 18.4 Å². The third-order valence-electron chi connectivity index (χ3n) is 6.11. The van der Waals surface area contributed by atoms with Crippen molar-refractivity contribution in [3.05, 3.63) is 36.0 Å². The Labute approximate surface area is 180 Å². The second-order valence-corrected chi connectivity index (χ2v) is 7.96. The van der Waals surface area contributed by atoms with Crippen LogP contribution in [0, 0.1) is 5.92 Å². The van der Waals surface area contributed by atoms with E-state index in [-0.39, 0.29) is 30.7 Å². The second kappa shape index (κ2) is 9.97. The molecule has 0 N–H and O–H groups in total. The molecule has 0 aliphatic carbocycles. The van der Waals surface area contributed by atoms with Crippen molar-refractivity contribution in [3.8, 4) is 0 Å². The Morgan fingerprint density at radius 1 is 1.04 bits per heavy atom. The van der Waals surface area contributed by atoms with Gasteiger partial charge in [0.05, 0.1) is 5.92 Å². The van der Waals surface area contributed by atoms with Crippen LogP contribution >= 0.6 is 24.8 Å². The van der Waals surface area contributed by atoms with Gasteiger partial charge in [-0.25, -0.2) is 0 Å². The predicted octanol–water partition coefficient (Wildman–Crippen LogP) is 3.01. The molecule has 1 amide bonds. The first-order chi connectivity index (χ1) is 12.6. The van der Waals surface area contributed by atoms with Gasteiger partial charge in [0.15, 0.2) is 0 Å². The van der Waals surface area contributed by atoms with Crippen LogP contribution in [0.3, 0.4) is 0 Å². The number of rotatable bonds is 3. The fraction of sp³-hybridized carbons (Fsp3) is 0.571. The highest BCUT2D eigenvalue weighted by Gasteiger charge is 2.30. The molecule has 28 heavy (non-hydrogen) atoms. The van der Waals surface area contributed by atoms with E-state index in [4.69, 9.17) is 0 Å². The van der Waals surface area contributed by atoms with Gasteiger partial charge >= 0.3 is 0 Å². The van der Waals surface area contributed by atoms with Gasteiger partial charge in [-0.15, -0.1) is 24.8 Å². The Kier molecular flexibility index (Phi) is 8.19. The first-order valence-corrected chi connectivity index (χ1v) is 9.85. The molecule has 2 aliphatic rings. The maximum absolute atomic E-state index is 12.9. The molecule has 5 nitrogen and oxygen atoms in total. The van der Waals surface area contributed by atoms with Crippen molar-refractivity contribution in [1.82, 2.24) is 19.3 Å². The lowest BCUT2D eigenvalue weighted by atomic mass is 9.96. The number of aryl methyl sites for hydroxylation is 1. The zero-order valence-corrected chi connectivity index (χ0v) is 18.5. The molecular formula is C21H32Cl2N4O. The number of hydrogen-bond acceptors (Lipinski definition) is 3. The summed E-state index contributed by atoms with van der Waals surface area (Å²) in [5.41, 5.74) is 2.61. The SMILES string of the molecule is CN1CCN(C(=O)C2CCCN(Cc3cc4ccccc4n3C)C2)CC1.Cl.Cl. The number of carbonyl (C=O) groups excluding carboxylic acids is 1. The fourth-order valence-electron chi connectivity index (χ4n) is 4.41. The Bertz CT molecular complexity index is 786. The first-order valence-electron chi connectivity index (χ1n) is 9.85. The molecule has 1 aromatic heterocycles. The van der Waals surface area contributed by atoms with Gasteiger partial charge in [-0.1, -0.05) is 18.2 Å². The molecule has 3 heterocycles. The van der Waals surface area contributed by atoms with E-state index in [1.165, 1.54) is 16.6 Å². The van der Waals surface area contributed by atoms with Crippen molar-refractivity contribution in [3.63, 3.8) is 0 Å². The molecule has 0 radical (unpaired) electrons. The van der Waals surface area contributed by atoms with E-state index < -0.39 is 0 Å². The van der Waals surface area contributed by atoms with Crippen molar-refractivity contribution < 1.29 is 4.79 Å². The van der Waals surface area contributed by atoms with E-state index in [2.05, 4.69) is 63.7 Å². The lowest BCUT2D eigenvalue weighted by Gasteiger charge is -2.38. The summed E-state index contributed by atoms with van der Waals surface area (Å²) in [6.07, 6.45) is 2.16. The lowest BCUT2D eigenvalue weighted by Crippen LogP contribution is -2.51.